The first kappa shape index (κ1) is 40.7. The van der Waals surface area contributed by atoms with Crippen LogP contribution in [-0.2, 0) is 19.1 Å². The van der Waals surface area contributed by atoms with Gasteiger partial charge in [-0.2, -0.15) is 0 Å². The highest BCUT2D eigenvalue weighted by molar-refractivity contribution is 6.00. The zero-order valence-corrected chi connectivity index (χ0v) is 28.8. The van der Waals surface area contributed by atoms with Crippen molar-refractivity contribution in [2.45, 2.75) is 207 Å². The number of ether oxygens (including phenoxy) is 2. The summed E-state index contributed by atoms with van der Waals surface area (Å²) in [6.07, 6.45) is 32.7. The SMILES string of the molecule is CCCCCCCCCCCCC/C(C(=O)OCCCC)=C(\CCCCCCCCCCCCC)C(=O)OCCCC. The molecular formula is C38H72O4. The van der Waals surface area contributed by atoms with Gasteiger partial charge >= 0.3 is 11.9 Å². The van der Waals surface area contributed by atoms with Crippen molar-refractivity contribution in [3.8, 4) is 0 Å². The number of unbranched alkanes of at least 4 members (excludes halogenated alkanes) is 22. The van der Waals surface area contributed by atoms with E-state index < -0.39 is 0 Å². The van der Waals surface area contributed by atoms with Crippen molar-refractivity contribution in [1.82, 2.24) is 0 Å². The second-order valence-corrected chi connectivity index (χ2v) is 12.5. The Kier molecular flexibility index (Phi) is 31.6. The summed E-state index contributed by atoms with van der Waals surface area (Å²) in [7, 11) is 0. The second-order valence-electron chi connectivity index (χ2n) is 12.5. The van der Waals surface area contributed by atoms with Gasteiger partial charge < -0.3 is 9.47 Å². The summed E-state index contributed by atoms with van der Waals surface area (Å²) in [5.74, 6) is -0.581. The van der Waals surface area contributed by atoms with Gasteiger partial charge in [0.25, 0.3) is 0 Å². The highest BCUT2D eigenvalue weighted by Crippen LogP contribution is 2.24. The van der Waals surface area contributed by atoms with E-state index in [1.165, 1.54) is 116 Å². The van der Waals surface area contributed by atoms with Crippen LogP contribution in [0.2, 0.25) is 0 Å². The van der Waals surface area contributed by atoms with Gasteiger partial charge in [0.2, 0.25) is 0 Å². The average molecular weight is 593 g/mol. The molecule has 0 bridgehead atoms. The summed E-state index contributed by atoms with van der Waals surface area (Å²) < 4.78 is 11.3. The van der Waals surface area contributed by atoms with Gasteiger partial charge in [0.1, 0.15) is 0 Å². The molecule has 0 N–H and O–H groups in total. The van der Waals surface area contributed by atoms with E-state index in [9.17, 15) is 9.59 Å². The number of carbonyl (C=O) groups excluding carboxylic acids is 2. The number of rotatable bonds is 32. The molecule has 0 heterocycles. The Morgan fingerprint density at radius 2 is 0.571 bits per heavy atom. The smallest absolute Gasteiger partial charge is 0.334 e. The lowest BCUT2D eigenvalue weighted by molar-refractivity contribution is -0.142. The zero-order chi connectivity index (χ0) is 30.9. The Bertz CT molecular complexity index is 585. The predicted molar refractivity (Wildman–Crippen MR) is 181 cm³/mol. The molecule has 0 aromatic rings. The topological polar surface area (TPSA) is 52.6 Å². The molecule has 248 valence electrons. The number of carbonyl (C=O) groups is 2. The van der Waals surface area contributed by atoms with E-state index in [1.54, 1.807) is 0 Å². The quantitative estimate of drug-likeness (QED) is 0.0443. The minimum atomic E-state index is -0.291. The lowest BCUT2D eigenvalue weighted by Gasteiger charge is -2.15. The van der Waals surface area contributed by atoms with Crippen molar-refractivity contribution < 1.29 is 19.1 Å². The molecule has 0 fully saturated rings. The van der Waals surface area contributed by atoms with Crippen molar-refractivity contribution >= 4 is 11.9 Å². The second kappa shape index (κ2) is 32.6. The molecule has 4 heteroatoms. The molecule has 0 amide bonds. The summed E-state index contributed by atoms with van der Waals surface area (Å²) in [6.45, 7) is 9.57. The Labute approximate surface area is 262 Å². The van der Waals surface area contributed by atoms with Gasteiger partial charge in [-0.25, -0.2) is 9.59 Å². The summed E-state index contributed by atoms with van der Waals surface area (Å²) in [6, 6.07) is 0. The minimum absolute atomic E-state index is 0.291. The molecule has 0 aliphatic rings. The van der Waals surface area contributed by atoms with Gasteiger partial charge in [-0.3, -0.25) is 0 Å². The molecule has 0 unspecified atom stereocenters. The van der Waals surface area contributed by atoms with Crippen molar-refractivity contribution in [1.29, 1.82) is 0 Å². The lowest BCUT2D eigenvalue weighted by Crippen LogP contribution is -2.18. The van der Waals surface area contributed by atoms with E-state index in [1.807, 2.05) is 0 Å². The molecular weight excluding hydrogens is 520 g/mol. The van der Waals surface area contributed by atoms with Crippen LogP contribution >= 0.6 is 0 Å². The molecule has 0 rings (SSSR count). The molecule has 0 aromatic carbocycles. The molecule has 0 atom stereocenters. The van der Waals surface area contributed by atoms with Crippen LogP contribution in [0.5, 0.6) is 0 Å². The van der Waals surface area contributed by atoms with E-state index in [-0.39, 0.29) is 11.9 Å². The van der Waals surface area contributed by atoms with Gasteiger partial charge in [0.15, 0.2) is 0 Å². The molecule has 0 radical (unpaired) electrons. The molecule has 0 saturated carbocycles. The Hall–Kier alpha value is -1.32. The third-order valence-electron chi connectivity index (χ3n) is 8.38. The normalized spacial score (nSPS) is 11.9. The fourth-order valence-corrected chi connectivity index (χ4v) is 5.48. The Morgan fingerprint density at radius 1 is 0.333 bits per heavy atom. The molecule has 0 aromatic heterocycles. The van der Waals surface area contributed by atoms with Gasteiger partial charge in [-0.15, -0.1) is 0 Å². The molecule has 0 aliphatic heterocycles. The Balaban J connectivity index is 4.92. The highest BCUT2D eigenvalue weighted by Gasteiger charge is 2.23. The van der Waals surface area contributed by atoms with Crippen molar-refractivity contribution in [2.75, 3.05) is 13.2 Å². The van der Waals surface area contributed by atoms with Gasteiger partial charge in [-0.1, -0.05) is 169 Å². The first-order valence-electron chi connectivity index (χ1n) is 18.7. The maximum absolute atomic E-state index is 13.2. The van der Waals surface area contributed by atoms with Crippen LogP contribution in [0.1, 0.15) is 207 Å². The van der Waals surface area contributed by atoms with Gasteiger partial charge in [0.05, 0.1) is 13.2 Å². The first-order valence-corrected chi connectivity index (χ1v) is 18.7. The van der Waals surface area contributed by atoms with Crippen LogP contribution in [0.25, 0.3) is 0 Å². The van der Waals surface area contributed by atoms with E-state index in [4.69, 9.17) is 9.47 Å². The van der Waals surface area contributed by atoms with E-state index >= 15 is 0 Å². The van der Waals surface area contributed by atoms with E-state index in [2.05, 4.69) is 27.7 Å². The van der Waals surface area contributed by atoms with Crippen LogP contribution in [0.15, 0.2) is 11.1 Å². The largest absolute Gasteiger partial charge is 0.462 e. The number of esters is 2. The minimum Gasteiger partial charge on any atom is -0.462 e. The van der Waals surface area contributed by atoms with Crippen LogP contribution < -0.4 is 0 Å². The fourth-order valence-electron chi connectivity index (χ4n) is 5.48. The maximum atomic E-state index is 13.2. The third kappa shape index (κ3) is 25.2. The first-order chi connectivity index (χ1) is 20.6. The molecule has 0 spiro atoms. The summed E-state index contributed by atoms with van der Waals surface area (Å²) in [4.78, 5) is 26.4. The fraction of sp³-hybridized carbons (Fsp3) is 0.895. The molecule has 42 heavy (non-hydrogen) atoms. The molecule has 0 aliphatic carbocycles. The summed E-state index contributed by atoms with van der Waals surface area (Å²) in [5, 5.41) is 0. The van der Waals surface area contributed by atoms with E-state index in [0.29, 0.717) is 37.2 Å². The molecule has 4 nitrogen and oxygen atoms in total. The van der Waals surface area contributed by atoms with Crippen LogP contribution in [0.4, 0.5) is 0 Å². The van der Waals surface area contributed by atoms with Crippen LogP contribution in [0, 0.1) is 0 Å². The lowest BCUT2D eigenvalue weighted by atomic mass is 9.96. The van der Waals surface area contributed by atoms with E-state index in [0.717, 1.165) is 51.4 Å². The summed E-state index contributed by atoms with van der Waals surface area (Å²) >= 11 is 0. The van der Waals surface area contributed by atoms with Crippen molar-refractivity contribution in [3.63, 3.8) is 0 Å². The third-order valence-corrected chi connectivity index (χ3v) is 8.38. The Morgan fingerprint density at radius 3 is 0.833 bits per heavy atom. The standard InChI is InChI=1S/C38H72O4/c1-5-9-13-15-17-19-21-23-25-27-29-31-35(37(39)41-33-11-7-3)36(38(40)42-34-12-8-4)32-30-28-26-24-22-20-18-16-14-10-6-2/h5-34H2,1-4H3/b36-35-. The average Bonchev–Trinajstić information content (AvgIpc) is 2.99. The highest BCUT2D eigenvalue weighted by atomic mass is 16.5. The van der Waals surface area contributed by atoms with Crippen molar-refractivity contribution in [3.05, 3.63) is 11.1 Å². The summed E-state index contributed by atoms with van der Waals surface area (Å²) in [5.41, 5.74) is 1.19. The van der Waals surface area contributed by atoms with Crippen molar-refractivity contribution in [2.24, 2.45) is 0 Å². The molecule has 0 saturated heterocycles. The van der Waals surface area contributed by atoms with Gasteiger partial charge in [0, 0.05) is 11.1 Å². The maximum Gasteiger partial charge on any atom is 0.334 e. The zero-order valence-electron chi connectivity index (χ0n) is 28.8. The number of hydrogen-bond donors (Lipinski definition) is 0. The number of hydrogen-bond acceptors (Lipinski definition) is 4. The van der Waals surface area contributed by atoms with Gasteiger partial charge in [-0.05, 0) is 38.5 Å². The monoisotopic (exact) mass is 593 g/mol. The predicted octanol–water partition coefficient (Wildman–Crippen LogP) is 12.4. The van der Waals surface area contributed by atoms with Crippen LogP contribution in [-0.4, -0.2) is 25.2 Å². The van der Waals surface area contributed by atoms with Crippen LogP contribution in [0.3, 0.4) is 0 Å².